The lowest BCUT2D eigenvalue weighted by molar-refractivity contribution is 0.615. The van der Waals surface area contributed by atoms with Crippen molar-refractivity contribution in [1.29, 1.82) is 0 Å². The lowest BCUT2D eigenvalue weighted by Crippen LogP contribution is -1.80. The van der Waals surface area contributed by atoms with Gasteiger partial charge in [0.15, 0.2) is 0 Å². The topological polar surface area (TPSA) is 42.1 Å². The molecule has 0 radical (unpaired) electrons. The molecule has 7 rings (SSSR count). The number of nitrogens with one attached hydrogen (secondary N) is 1. The molecule has 3 heterocycles. The Morgan fingerprint density at radius 2 is 1.00 bits per heavy atom. The summed E-state index contributed by atoms with van der Waals surface area (Å²) in [5.41, 5.74) is 8.82. The van der Waals surface area contributed by atoms with Crippen LogP contribution < -0.4 is 0 Å². The maximum Gasteiger partial charge on any atom is 0.134 e. The average Bonchev–Trinajstić information content (AvgIpc) is 3.55. The van der Waals surface area contributed by atoms with Crippen molar-refractivity contribution in [2.45, 2.75) is 0 Å². The molecule has 0 aliphatic heterocycles. The van der Waals surface area contributed by atoms with Crippen LogP contribution in [0.2, 0.25) is 0 Å². The molecule has 3 aromatic heterocycles. The Morgan fingerprint density at radius 3 is 1.52 bits per heavy atom. The fourth-order valence-electron chi connectivity index (χ4n) is 4.72. The Balaban J connectivity index is 1.47. The summed E-state index contributed by atoms with van der Waals surface area (Å²) in [7, 11) is 0. The van der Waals surface area contributed by atoms with Gasteiger partial charge >= 0.3 is 0 Å². The van der Waals surface area contributed by atoms with Crippen molar-refractivity contribution in [1.82, 2.24) is 4.98 Å². The normalized spacial score (nSPS) is 11.9. The van der Waals surface area contributed by atoms with E-state index in [1.807, 2.05) is 36.4 Å². The maximum absolute atomic E-state index is 5.60. The highest BCUT2D eigenvalue weighted by Gasteiger charge is 2.12. The molecule has 0 fully saturated rings. The Labute approximate surface area is 177 Å². The minimum absolute atomic E-state index is 0.909. The Morgan fingerprint density at radius 1 is 0.484 bits per heavy atom. The Bertz CT molecular complexity index is 1620. The van der Waals surface area contributed by atoms with E-state index in [2.05, 4.69) is 53.5 Å². The summed E-state index contributed by atoms with van der Waals surface area (Å²) in [5, 5.41) is 4.70. The van der Waals surface area contributed by atoms with Gasteiger partial charge in [-0.15, -0.1) is 0 Å². The average molecular weight is 399 g/mol. The smallest absolute Gasteiger partial charge is 0.134 e. The molecule has 3 heteroatoms. The first kappa shape index (κ1) is 16.5. The van der Waals surface area contributed by atoms with Gasteiger partial charge in [0.2, 0.25) is 0 Å². The zero-order valence-electron chi connectivity index (χ0n) is 16.6. The van der Waals surface area contributed by atoms with Gasteiger partial charge in [-0.05, 0) is 70.8 Å². The van der Waals surface area contributed by atoms with Crippen LogP contribution in [0.1, 0.15) is 0 Å². The van der Waals surface area contributed by atoms with E-state index in [0.29, 0.717) is 0 Å². The molecular weight excluding hydrogens is 382 g/mol. The van der Waals surface area contributed by atoms with Gasteiger partial charge in [0.25, 0.3) is 0 Å². The van der Waals surface area contributed by atoms with Crippen LogP contribution in [0.3, 0.4) is 0 Å². The number of fused-ring (bicyclic) bond motifs is 5. The number of hydrogen-bond donors (Lipinski definition) is 1. The van der Waals surface area contributed by atoms with Gasteiger partial charge < -0.3 is 13.8 Å². The third-order valence-corrected chi connectivity index (χ3v) is 6.21. The molecular formula is C28H17NO2. The van der Waals surface area contributed by atoms with Crippen LogP contribution in [0.25, 0.3) is 66.0 Å². The zero-order valence-corrected chi connectivity index (χ0v) is 16.6. The summed E-state index contributed by atoms with van der Waals surface area (Å²) in [4.78, 5) is 3.56. The van der Waals surface area contributed by atoms with Crippen molar-refractivity contribution in [3.05, 3.63) is 97.5 Å². The molecule has 0 bridgehead atoms. The highest BCUT2D eigenvalue weighted by molar-refractivity contribution is 6.11. The van der Waals surface area contributed by atoms with Crippen LogP contribution in [0, 0.1) is 0 Å². The van der Waals surface area contributed by atoms with E-state index >= 15 is 0 Å². The van der Waals surface area contributed by atoms with Gasteiger partial charge in [-0.25, -0.2) is 0 Å². The lowest BCUT2D eigenvalue weighted by atomic mass is 9.98. The molecule has 3 nitrogen and oxygen atoms in total. The standard InChI is InChI=1S/C28H17NO2/c1-3-19(21-11-13-30-27(21)5-1)17-7-9-25-23(15-17)24-16-18(8-10-26(24)29-25)20-4-2-6-28-22(20)12-14-31-28/h1-16,29H. The molecule has 0 spiro atoms. The fraction of sp³-hybridized carbons (Fsp3) is 0. The first-order valence-electron chi connectivity index (χ1n) is 10.3. The van der Waals surface area contributed by atoms with E-state index in [0.717, 1.165) is 33.0 Å². The molecule has 0 atom stereocenters. The van der Waals surface area contributed by atoms with Crippen LogP contribution in [0.5, 0.6) is 0 Å². The zero-order chi connectivity index (χ0) is 20.4. The molecule has 1 N–H and O–H groups in total. The van der Waals surface area contributed by atoms with Gasteiger partial charge in [-0.1, -0.05) is 36.4 Å². The number of hydrogen-bond acceptors (Lipinski definition) is 2. The second-order valence-electron chi connectivity index (χ2n) is 7.92. The van der Waals surface area contributed by atoms with Crippen molar-refractivity contribution in [2.24, 2.45) is 0 Å². The second kappa shape index (κ2) is 6.13. The van der Waals surface area contributed by atoms with Crippen LogP contribution in [-0.4, -0.2) is 4.98 Å². The van der Waals surface area contributed by atoms with Gasteiger partial charge in [0.05, 0.1) is 12.5 Å². The van der Waals surface area contributed by atoms with E-state index in [1.165, 1.54) is 33.0 Å². The molecule has 31 heavy (non-hydrogen) atoms. The van der Waals surface area contributed by atoms with Crippen molar-refractivity contribution >= 4 is 43.7 Å². The monoisotopic (exact) mass is 399 g/mol. The van der Waals surface area contributed by atoms with E-state index in [-0.39, 0.29) is 0 Å². The summed E-state index contributed by atoms with van der Waals surface area (Å²) in [5.74, 6) is 0. The maximum atomic E-state index is 5.60. The number of benzene rings is 4. The molecule has 0 saturated heterocycles. The number of H-pyrrole nitrogens is 1. The van der Waals surface area contributed by atoms with E-state index < -0.39 is 0 Å². The van der Waals surface area contributed by atoms with Gasteiger partial charge in [0, 0.05) is 32.6 Å². The first-order valence-corrected chi connectivity index (χ1v) is 10.3. The quantitative estimate of drug-likeness (QED) is 0.319. The van der Waals surface area contributed by atoms with Crippen LogP contribution in [0.4, 0.5) is 0 Å². The van der Waals surface area contributed by atoms with E-state index in [4.69, 9.17) is 8.83 Å². The molecule has 0 amide bonds. The van der Waals surface area contributed by atoms with Gasteiger partial charge in [-0.3, -0.25) is 0 Å². The van der Waals surface area contributed by atoms with E-state index in [1.54, 1.807) is 12.5 Å². The third-order valence-electron chi connectivity index (χ3n) is 6.21. The van der Waals surface area contributed by atoms with Crippen LogP contribution in [0.15, 0.2) is 106 Å². The molecule has 0 unspecified atom stereocenters. The molecule has 0 saturated carbocycles. The van der Waals surface area contributed by atoms with Gasteiger partial charge in [0.1, 0.15) is 11.2 Å². The molecule has 0 aliphatic rings. The highest BCUT2D eigenvalue weighted by atomic mass is 16.3. The molecule has 146 valence electrons. The summed E-state index contributed by atoms with van der Waals surface area (Å²) < 4.78 is 11.2. The summed E-state index contributed by atoms with van der Waals surface area (Å²) in [6.45, 7) is 0. The Kier molecular flexibility index (Phi) is 3.27. The van der Waals surface area contributed by atoms with Crippen LogP contribution >= 0.6 is 0 Å². The number of aromatic amines is 1. The highest BCUT2D eigenvalue weighted by Crippen LogP contribution is 2.36. The molecule has 4 aromatic carbocycles. The summed E-state index contributed by atoms with van der Waals surface area (Å²) in [6.07, 6.45) is 3.50. The first-order chi connectivity index (χ1) is 15.3. The predicted octanol–water partition coefficient (Wildman–Crippen LogP) is 8.15. The predicted molar refractivity (Wildman–Crippen MR) is 126 cm³/mol. The van der Waals surface area contributed by atoms with Crippen molar-refractivity contribution in [3.8, 4) is 22.3 Å². The van der Waals surface area contributed by atoms with Crippen molar-refractivity contribution < 1.29 is 8.83 Å². The third kappa shape index (κ3) is 2.41. The number of rotatable bonds is 2. The number of aromatic nitrogens is 1. The fourth-order valence-corrected chi connectivity index (χ4v) is 4.72. The van der Waals surface area contributed by atoms with Gasteiger partial charge in [-0.2, -0.15) is 0 Å². The molecule has 0 aliphatic carbocycles. The van der Waals surface area contributed by atoms with Crippen LogP contribution in [-0.2, 0) is 0 Å². The SMILES string of the molecule is c1cc(-c2ccc3[nH]c4ccc(-c5cccc6occc56)cc4c3c2)c2ccoc2c1. The van der Waals surface area contributed by atoms with E-state index in [9.17, 15) is 0 Å². The largest absolute Gasteiger partial charge is 0.464 e. The number of furan rings is 2. The summed E-state index contributed by atoms with van der Waals surface area (Å²) in [6, 6.07) is 29.7. The van der Waals surface area contributed by atoms with Crippen molar-refractivity contribution in [2.75, 3.05) is 0 Å². The second-order valence-corrected chi connectivity index (χ2v) is 7.92. The van der Waals surface area contributed by atoms with Crippen molar-refractivity contribution in [3.63, 3.8) is 0 Å². The minimum Gasteiger partial charge on any atom is -0.464 e. The minimum atomic E-state index is 0.909. The molecule has 7 aromatic rings. The lowest BCUT2D eigenvalue weighted by Gasteiger charge is -2.05. The Hall–Kier alpha value is -4.24. The summed E-state index contributed by atoms with van der Waals surface area (Å²) >= 11 is 0.